The van der Waals surface area contributed by atoms with Gasteiger partial charge in [0, 0.05) is 31.7 Å². The average Bonchev–Trinajstić information content (AvgIpc) is 3.12. The number of morpholine rings is 1. The molecule has 1 amide bonds. The molecule has 1 atom stereocenters. The van der Waals surface area contributed by atoms with E-state index in [1.165, 1.54) is 14.2 Å². The van der Waals surface area contributed by atoms with Crippen LogP contribution in [-0.2, 0) is 14.3 Å². The van der Waals surface area contributed by atoms with Gasteiger partial charge in [-0.3, -0.25) is 14.5 Å². The van der Waals surface area contributed by atoms with Gasteiger partial charge in [-0.25, -0.2) is 0 Å². The van der Waals surface area contributed by atoms with Crippen molar-refractivity contribution >= 4 is 17.4 Å². The summed E-state index contributed by atoms with van der Waals surface area (Å²) in [6, 6.07) is 13.5. The third-order valence-corrected chi connectivity index (χ3v) is 6.07. The number of hydrogen-bond acceptors (Lipinski definition) is 7. The van der Waals surface area contributed by atoms with Gasteiger partial charge in [-0.2, -0.15) is 0 Å². The van der Waals surface area contributed by atoms with Gasteiger partial charge in [-0.05, 0) is 23.8 Å². The van der Waals surface area contributed by atoms with Crippen molar-refractivity contribution in [1.29, 1.82) is 0 Å². The van der Waals surface area contributed by atoms with Crippen LogP contribution in [0.25, 0.3) is 5.76 Å². The highest BCUT2D eigenvalue weighted by atomic mass is 16.5. The SMILES string of the molecule is COc1ccc(/C(O)=C2\C(=O)C(=O)N(CCN3CCOCC3)[C@@H]2c2ccccc2)cc1OC. The van der Waals surface area contributed by atoms with E-state index in [-0.39, 0.29) is 11.3 Å². The first-order valence-electron chi connectivity index (χ1n) is 10.9. The lowest BCUT2D eigenvalue weighted by molar-refractivity contribution is -0.140. The minimum absolute atomic E-state index is 0.0698. The lowest BCUT2D eigenvalue weighted by Gasteiger charge is -2.31. The second kappa shape index (κ2) is 10.1. The van der Waals surface area contributed by atoms with Gasteiger partial charge in [0.05, 0.1) is 39.0 Å². The van der Waals surface area contributed by atoms with Crippen LogP contribution in [-0.4, -0.2) is 80.2 Å². The molecule has 0 aromatic heterocycles. The van der Waals surface area contributed by atoms with Crippen molar-refractivity contribution in [3.8, 4) is 11.5 Å². The highest BCUT2D eigenvalue weighted by molar-refractivity contribution is 6.46. The Morgan fingerprint density at radius 2 is 1.70 bits per heavy atom. The molecule has 0 spiro atoms. The van der Waals surface area contributed by atoms with Gasteiger partial charge in [0.25, 0.3) is 11.7 Å². The highest BCUT2D eigenvalue weighted by Gasteiger charge is 2.46. The molecule has 8 heteroatoms. The molecule has 8 nitrogen and oxygen atoms in total. The van der Waals surface area contributed by atoms with E-state index < -0.39 is 17.7 Å². The molecule has 2 aromatic rings. The van der Waals surface area contributed by atoms with Crippen LogP contribution in [0, 0.1) is 0 Å². The molecule has 2 aliphatic heterocycles. The Morgan fingerprint density at radius 1 is 1.00 bits per heavy atom. The standard InChI is InChI=1S/C25H28N2O6/c1-31-19-9-8-18(16-20(19)32-2)23(28)21-22(17-6-4-3-5-7-17)27(25(30)24(21)29)11-10-26-12-14-33-15-13-26/h3-9,16,22,28H,10-15H2,1-2H3/b23-21+/t22-/m1/s1. The summed E-state index contributed by atoms with van der Waals surface area (Å²) in [5.41, 5.74) is 1.21. The molecule has 2 saturated heterocycles. The molecule has 1 N–H and O–H groups in total. The smallest absolute Gasteiger partial charge is 0.295 e. The number of carbonyl (C=O) groups is 2. The van der Waals surface area contributed by atoms with Gasteiger partial charge >= 0.3 is 0 Å². The van der Waals surface area contributed by atoms with E-state index in [1.807, 2.05) is 30.3 Å². The maximum atomic E-state index is 13.1. The van der Waals surface area contributed by atoms with Crippen molar-refractivity contribution in [1.82, 2.24) is 9.80 Å². The Balaban J connectivity index is 1.73. The minimum Gasteiger partial charge on any atom is -0.507 e. The van der Waals surface area contributed by atoms with Crippen molar-refractivity contribution in [2.45, 2.75) is 6.04 Å². The van der Waals surface area contributed by atoms with Crippen LogP contribution in [0.1, 0.15) is 17.2 Å². The fourth-order valence-electron chi connectivity index (χ4n) is 4.31. The Hall–Kier alpha value is -3.36. The van der Waals surface area contributed by atoms with Crippen LogP contribution in [0.4, 0.5) is 0 Å². The highest BCUT2D eigenvalue weighted by Crippen LogP contribution is 2.40. The molecule has 0 aliphatic carbocycles. The summed E-state index contributed by atoms with van der Waals surface area (Å²) < 4.78 is 16.0. The maximum absolute atomic E-state index is 13.1. The Labute approximate surface area is 193 Å². The molecule has 2 aliphatic rings. The summed E-state index contributed by atoms with van der Waals surface area (Å²) in [6.45, 7) is 3.86. The zero-order valence-electron chi connectivity index (χ0n) is 18.8. The zero-order chi connectivity index (χ0) is 23.4. The number of amides is 1. The summed E-state index contributed by atoms with van der Waals surface area (Å²) in [5, 5.41) is 11.2. The number of hydrogen-bond donors (Lipinski definition) is 1. The predicted molar refractivity (Wildman–Crippen MR) is 122 cm³/mol. The summed E-state index contributed by atoms with van der Waals surface area (Å²) in [5.74, 6) is -0.631. The number of rotatable bonds is 7. The van der Waals surface area contributed by atoms with E-state index in [0.29, 0.717) is 43.4 Å². The number of carbonyl (C=O) groups excluding carboxylic acids is 2. The Bertz CT molecular complexity index is 1050. The van der Waals surface area contributed by atoms with Crippen LogP contribution in [0.2, 0.25) is 0 Å². The molecular formula is C25H28N2O6. The Kier molecular flexibility index (Phi) is 6.96. The van der Waals surface area contributed by atoms with Crippen LogP contribution in [0.15, 0.2) is 54.1 Å². The first-order valence-corrected chi connectivity index (χ1v) is 10.9. The third-order valence-electron chi connectivity index (χ3n) is 6.07. The first kappa shape index (κ1) is 22.8. The summed E-state index contributed by atoms with van der Waals surface area (Å²) in [4.78, 5) is 30.0. The molecular weight excluding hydrogens is 424 g/mol. The van der Waals surface area contributed by atoms with Gasteiger partial charge in [-0.15, -0.1) is 0 Å². The number of nitrogens with zero attached hydrogens (tertiary/aromatic N) is 2. The molecule has 33 heavy (non-hydrogen) atoms. The number of aliphatic hydroxyl groups is 1. The van der Waals surface area contributed by atoms with Gasteiger partial charge in [0.1, 0.15) is 5.76 Å². The molecule has 2 heterocycles. The van der Waals surface area contributed by atoms with Crippen LogP contribution in [0.5, 0.6) is 11.5 Å². The summed E-state index contributed by atoms with van der Waals surface area (Å²) in [7, 11) is 3.02. The number of ether oxygens (including phenoxy) is 3. The quantitative estimate of drug-likeness (QED) is 0.392. The topological polar surface area (TPSA) is 88.5 Å². The first-order chi connectivity index (χ1) is 16.0. The number of benzene rings is 2. The van der Waals surface area contributed by atoms with Gasteiger partial charge in [-0.1, -0.05) is 30.3 Å². The lowest BCUT2D eigenvalue weighted by atomic mass is 9.95. The number of methoxy groups -OCH3 is 2. The predicted octanol–water partition coefficient (Wildman–Crippen LogP) is 2.46. The van der Waals surface area contributed by atoms with Crippen LogP contribution in [0.3, 0.4) is 0 Å². The van der Waals surface area contributed by atoms with Crippen molar-refractivity contribution in [2.24, 2.45) is 0 Å². The zero-order valence-corrected chi connectivity index (χ0v) is 18.8. The van der Waals surface area contributed by atoms with Gasteiger partial charge in [0.2, 0.25) is 0 Å². The molecule has 0 bridgehead atoms. The fourth-order valence-corrected chi connectivity index (χ4v) is 4.31. The summed E-state index contributed by atoms with van der Waals surface area (Å²) >= 11 is 0. The van der Waals surface area contributed by atoms with Crippen molar-refractivity contribution in [2.75, 3.05) is 53.6 Å². The van der Waals surface area contributed by atoms with E-state index in [0.717, 1.165) is 18.7 Å². The second-order valence-electron chi connectivity index (χ2n) is 7.93. The van der Waals surface area contributed by atoms with Crippen molar-refractivity contribution in [3.05, 3.63) is 65.2 Å². The second-order valence-corrected chi connectivity index (χ2v) is 7.93. The van der Waals surface area contributed by atoms with Gasteiger partial charge in [0.15, 0.2) is 11.5 Å². The largest absolute Gasteiger partial charge is 0.507 e. The van der Waals surface area contributed by atoms with E-state index in [2.05, 4.69) is 4.90 Å². The molecule has 0 unspecified atom stereocenters. The molecule has 2 fully saturated rings. The Morgan fingerprint density at radius 3 is 2.36 bits per heavy atom. The molecule has 0 radical (unpaired) electrons. The molecule has 4 rings (SSSR count). The summed E-state index contributed by atoms with van der Waals surface area (Å²) in [6.07, 6.45) is 0. The monoisotopic (exact) mass is 452 g/mol. The van der Waals surface area contributed by atoms with Crippen LogP contribution >= 0.6 is 0 Å². The number of likely N-dealkylation sites (tertiary alicyclic amines) is 1. The average molecular weight is 453 g/mol. The van der Waals surface area contributed by atoms with Gasteiger partial charge < -0.3 is 24.2 Å². The molecule has 174 valence electrons. The lowest BCUT2D eigenvalue weighted by Crippen LogP contribution is -2.42. The van der Waals surface area contributed by atoms with E-state index in [9.17, 15) is 14.7 Å². The maximum Gasteiger partial charge on any atom is 0.295 e. The van der Waals surface area contributed by atoms with Crippen molar-refractivity contribution < 1.29 is 28.9 Å². The molecule has 0 saturated carbocycles. The van der Waals surface area contributed by atoms with E-state index in [4.69, 9.17) is 14.2 Å². The van der Waals surface area contributed by atoms with Crippen molar-refractivity contribution in [3.63, 3.8) is 0 Å². The third kappa shape index (κ3) is 4.58. The fraction of sp³-hybridized carbons (Fsp3) is 0.360. The minimum atomic E-state index is -0.696. The normalized spacial score (nSPS) is 20.8. The molecule has 2 aromatic carbocycles. The number of ketones is 1. The van der Waals surface area contributed by atoms with E-state index in [1.54, 1.807) is 23.1 Å². The van der Waals surface area contributed by atoms with Crippen LogP contribution < -0.4 is 9.47 Å². The number of Topliss-reactive ketones (excluding diaryl/α,β-unsaturated/α-hetero) is 1. The number of aliphatic hydroxyl groups excluding tert-OH is 1. The van der Waals surface area contributed by atoms with E-state index >= 15 is 0 Å².